The van der Waals surface area contributed by atoms with Crippen molar-refractivity contribution in [1.82, 2.24) is 20.5 Å². The number of guanidine groups is 1. The van der Waals surface area contributed by atoms with Gasteiger partial charge in [0, 0.05) is 37.2 Å². The molecule has 1 aliphatic rings. The average Bonchev–Trinajstić information content (AvgIpc) is 3.30. The number of unbranched alkanes of at least 4 members (excludes halogenated alkanes) is 1. The molecule has 0 unspecified atom stereocenters. The molecule has 1 aromatic heterocycles. The Bertz CT molecular complexity index is 724. The van der Waals surface area contributed by atoms with Gasteiger partial charge < -0.3 is 20.5 Å². The normalized spacial score (nSPS) is 15.1. The Kier molecular flexibility index (Phi) is 9.33. The first-order valence-corrected chi connectivity index (χ1v) is 9.68. The number of nitrogens with one attached hydrogen (secondary N) is 3. The van der Waals surface area contributed by atoms with Crippen LogP contribution in [0.4, 0.5) is 4.39 Å². The number of fused-ring (bicyclic) bond motifs is 1. The van der Waals surface area contributed by atoms with Crippen LogP contribution in [0.2, 0.25) is 0 Å². The van der Waals surface area contributed by atoms with Crippen molar-refractivity contribution in [2.75, 3.05) is 39.8 Å². The third-order valence-corrected chi connectivity index (χ3v) is 5.03. The predicted molar refractivity (Wildman–Crippen MR) is 122 cm³/mol. The fourth-order valence-electron chi connectivity index (χ4n) is 3.57. The topological polar surface area (TPSA) is 55.5 Å². The van der Waals surface area contributed by atoms with Gasteiger partial charge in [-0.15, -0.1) is 24.0 Å². The van der Waals surface area contributed by atoms with E-state index in [-0.39, 0.29) is 29.8 Å². The number of hydrogen-bond acceptors (Lipinski definition) is 2. The summed E-state index contributed by atoms with van der Waals surface area (Å²) < 4.78 is 13.4. The molecule has 0 amide bonds. The summed E-state index contributed by atoms with van der Waals surface area (Å²) in [5.41, 5.74) is 2.09. The Labute approximate surface area is 178 Å². The van der Waals surface area contributed by atoms with Crippen LogP contribution in [0.25, 0.3) is 10.9 Å². The molecule has 0 bridgehead atoms. The molecular formula is C20H31FIN5. The quantitative estimate of drug-likeness (QED) is 0.231. The van der Waals surface area contributed by atoms with Crippen LogP contribution in [0.1, 0.15) is 31.2 Å². The van der Waals surface area contributed by atoms with Gasteiger partial charge >= 0.3 is 0 Å². The number of rotatable bonds is 8. The molecule has 3 N–H and O–H groups in total. The molecule has 7 heteroatoms. The van der Waals surface area contributed by atoms with Gasteiger partial charge in [-0.2, -0.15) is 0 Å². The highest BCUT2D eigenvalue weighted by molar-refractivity contribution is 14.0. The van der Waals surface area contributed by atoms with Crippen LogP contribution >= 0.6 is 24.0 Å². The summed E-state index contributed by atoms with van der Waals surface area (Å²) in [5.74, 6) is 0.634. The van der Waals surface area contributed by atoms with Crippen molar-refractivity contribution in [2.45, 2.75) is 32.1 Å². The van der Waals surface area contributed by atoms with Gasteiger partial charge in [-0.25, -0.2) is 4.39 Å². The minimum atomic E-state index is -0.197. The van der Waals surface area contributed by atoms with E-state index in [2.05, 4.69) is 25.5 Å². The smallest absolute Gasteiger partial charge is 0.190 e. The number of nitrogens with zero attached hydrogens (tertiary/aromatic N) is 2. The van der Waals surface area contributed by atoms with Crippen molar-refractivity contribution in [2.24, 2.45) is 4.99 Å². The highest BCUT2D eigenvalue weighted by atomic mass is 127. The Hall–Kier alpha value is -1.35. The minimum Gasteiger partial charge on any atom is -0.361 e. The number of aromatic nitrogens is 1. The summed E-state index contributed by atoms with van der Waals surface area (Å²) in [6.45, 7) is 5.45. The maximum Gasteiger partial charge on any atom is 0.190 e. The van der Waals surface area contributed by atoms with Gasteiger partial charge in [-0.05, 0) is 75.5 Å². The van der Waals surface area contributed by atoms with Crippen molar-refractivity contribution in [3.63, 3.8) is 0 Å². The Morgan fingerprint density at radius 1 is 1.19 bits per heavy atom. The maximum absolute atomic E-state index is 13.4. The molecule has 0 spiro atoms. The third kappa shape index (κ3) is 6.64. The molecule has 2 heterocycles. The lowest BCUT2D eigenvalue weighted by Gasteiger charge is -2.15. The average molecular weight is 487 g/mol. The highest BCUT2D eigenvalue weighted by Gasteiger charge is 2.10. The van der Waals surface area contributed by atoms with Crippen LogP contribution in [-0.4, -0.2) is 55.6 Å². The lowest BCUT2D eigenvalue weighted by atomic mass is 10.1. The number of hydrogen-bond donors (Lipinski definition) is 3. The van der Waals surface area contributed by atoms with Crippen LogP contribution in [-0.2, 0) is 6.42 Å². The molecule has 150 valence electrons. The summed E-state index contributed by atoms with van der Waals surface area (Å²) in [6, 6.07) is 4.86. The molecule has 0 atom stereocenters. The van der Waals surface area contributed by atoms with Crippen molar-refractivity contribution < 1.29 is 4.39 Å². The van der Waals surface area contributed by atoms with E-state index in [0.717, 1.165) is 48.4 Å². The molecule has 27 heavy (non-hydrogen) atoms. The fourth-order valence-corrected chi connectivity index (χ4v) is 3.57. The van der Waals surface area contributed by atoms with Gasteiger partial charge in [0.2, 0.25) is 0 Å². The molecule has 0 radical (unpaired) electrons. The number of H-pyrrole nitrogens is 1. The van der Waals surface area contributed by atoms with E-state index < -0.39 is 0 Å². The van der Waals surface area contributed by atoms with E-state index in [1.54, 1.807) is 19.2 Å². The molecule has 2 aromatic rings. The minimum absolute atomic E-state index is 0. The van der Waals surface area contributed by atoms with Crippen molar-refractivity contribution in [1.29, 1.82) is 0 Å². The van der Waals surface area contributed by atoms with E-state index in [1.165, 1.54) is 45.0 Å². The Balaban J connectivity index is 0.00000261. The predicted octanol–water partition coefficient (Wildman–Crippen LogP) is 3.51. The first kappa shape index (κ1) is 21.9. The van der Waals surface area contributed by atoms with Crippen molar-refractivity contribution in [3.05, 3.63) is 35.8 Å². The lowest BCUT2D eigenvalue weighted by Crippen LogP contribution is -2.38. The third-order valence-electron chi connectivity index (χ3n) is 5.03. The number of halogens is 2. The van der Waals surface area contributed by atoms with E-state index in [4.69, 9.17) is 0 Å². The van der Waals surface area contributed by atoms with E-state index in [9.17, 15) is 4.39 Å². The monoisotopic (exact) mass is 487 g/mol. The number of aliphatic imine (C=N–C) groups is 1. The van der Waals surface area contributed by atoms with Crippen LogP contribution in [0.15, 0.2) is 29.4 Å². The zero-order chi connectivity index (χ0) is 18.2. The van der Waals surface area contributed by atoms with Crippen molar-refractivity contribution in [3.8, 4) is 0 Å². The van der Waals surface area contributed by atoms with Gasteiger partial charge in [0.1, 0.15) is 5.82 Å². The Morgan fingerprint density at radius 2 is 1.96 bits per heavy atom. The first-order valence-electron chi connectivity index (χ1n) is 9.68. The van der Waals surface area contributed by atoms with E-state index in [1.807, 2.05) is 6.20 Å². The van der Waals surface area contributed by atoms with Gasteiger partial charge in [0.05, 0.1) is 0 Å². The summed E-state index contributed by atoms with van der Waals surface area (Å²) in [6.07, 6.45) is 7.87. The second kappa shape index (κ2) is 11.5. The highest BCUT2D eigenvalue weighted by Crippen LogP contribution is 2.19. The molecule has 5 nitrogen and oxygen atoms in total. The second-order valence-corrected chi connectivity index (χ2v) is 6.94. The lowest BCUT2D eigenvalue weighted by molar-refractivity contribution is 0.330. The zero-order valence-corrected chi connectivity index (χ0v) is 18.4. The maximum atomic E-state index is 13.4. The largest absolute Gasteiger partial charge is 0.361 e. The number of benzene rings is 1. The summed E-state index contributed by atoms with van der Waals surface area (Å²) in [5, 5.41) is 7.67. The molecule has 3 rings (SSSR count). The molecule has 0 saturated carbocycles. The summed E-state index contributed by atoms with van der Waals surface area (Å²) in [7, 11) is 1.79. The van der Waals surface area contributed by atoms with Gasteiger partial charge in [-0.3, -0.25) is 4.99 Å². The van der Waals surface area contributed by atoms with Gasteiger partial charge in [0.15, 0.2) is 5.96 Å². The van der Waals surface area contributed by atoms with Gasteiger partial charge in [0.25, 0.3) is 0 Å². The number of aromatic amines is 1. The van der Waals surface area contributed by atoms with Crippen LogP contribution in [0.5, 0.6) is 0 Å². The SMILES string of the molecule is CN=C(NCCCCN1CCCC1)NCCc1c[nH]c2ccc(F)cc12.I. The molecular weight excluding hydrogens is 456 g/mol. The van der Waals surface area contributed by atoms with Crippen LogP contribution < -0.4 is 10.6 Å². The molecule has 1 aliphatic heterocycles. The molecule has 1 saturated heterocycles. The first-order chi connectivity index (χ1) is 12.8. The zero-order valence-electron chi connectivity index (χ0n) is 16.1. The van der Waals surface area contributed by atoms with Crippen LogP contribution in [0, 0.1) is 5.82 Å². The number of likely N-dealkylation sites (tertiary alicyclic amines) is 1. The molecule has 1 fully saturated rings. The Morgan fingerprint density at radius 3 is 2.74 bits per heavy atom. The summed E-state index contributed by atoms with van der Waals surface area (Å²) >= 11 is 0. The van der Waals surface area contributed by atoms with E-state index >= 15 is 0 Å². The standard InChI is InChI=1S/C20H30FN5.HI/c1-22-20(23-9-2-3-11-26-12-4-5-13-26)24-10-8-16-15-25-19-7-6-17(21)14-18(16)19;/h6-7,14-15,25H,2-5,8-13H2,1H3,(H2,22,23,24);1H. The summed E-state index contributed by atoms with van der Waals surface area (Å²) in [4.78, 5) is 10.0. The second-order valence-electron chi connectivity index (χ2n) is 6.94. The van der Waals surface area contributed by atoms with E-state index in [0.29, 0.717) is 0 Å². The molecule has 0 aliphatic carbocycles. The fraction of sp³-hybridized carbons (Fsp3) is 0.550. The molecule has 1 aromatic carbocycles. The van der Waals surface area contributed by atoms with Crippen molar-refractivity contribution >= 4 is 40.8 Å². The van der Waals surface area contributed by atoms with Crippen LogP contribution in [0.3, 0.4) is 0 Å². The van der Waals surface area contributed by atoms with Gasteiger partial charge in [-0.1, -0.05) is 0 Å².